The maximum atomic E-state index is 13.1. The van der Waals surface area contributed by atoms with E-state index in [0.29, 0.717) is 11.1 Å². The molecule has 0 saturated heterocycles. The highest BCUT2D eigenvalue weighted by Gasteiger charge is 2.32. The molecule has 104 valence electrons. The molecule has 0 aromatic heterocycles. The first-order valence-electron chi connectivity index (χ1n) is 5.50. The molecule has 2 rings (SSSR count). The van der Waals surface area contributed by atoms with Gasteiger partial charge in [-0.2, -0.15) is 0 Å². The first-order valence-corrected chi connectivity index (χ1v) is 5.50. The van der Waals surface area contributed by atoms with Gasteiger partial charge in [-0.25, -0.2) is 4.39 Å². The van der Waals surface area contributed by atoms with Crippen LogP contribution in [-0.4, -0.2) is 12.6 Å². The van der Waals surface area contributed by atoms with Crippen LogP contribution < -0.4 is 4.74 Å². The van der Waals surface area contributed by atoms with Crippen LogP contribution in [0.4, 0.5) is 17.6 Å². The van der Waals surface area contributed by atoms with Gasteiger partial charge in [-0.05, 0) is 35.4 Å². The molecule has 6 heteroatoms. The van der Waals surface area contributed by atoms with E-state index in [1.54, 1.807) is 0 Å². The molecule has 0 heterocycles. The van der Waals surface area contributed by atoms with Gasteiger partial charge in [-0.15, -0.1) is 13.2 Å². The first-order chi connectivity index (χ1) is 9.39. The van der Waals surface area contributed by atoms with Gasteiger partial charge in [0.25, 0.3) is 0 Å². The lowest BCUT2D eigenvalue weighted by Gasteiger charge is -2.12. The van der Waals surface area contributed by atoms with Crippen LogP contribution in [-0.2, 0) is 0 Å². The van der Waals surface area contributed by atoms with Crippen molar-refractivity contribution in [2.45, 2.75) is 6.36 Å². The molecular formula is C14H8F4O2. The summed E-state index contributed by atoms with van der Waals surface area (Å²) in [5.41, 5.74) is 0.464. The molecule has 0 saturated carbocycles. The summed E-state index contributed by atoms with van der Waals surface area (Å²) in [6.07, 6.45) is -4.64. The normalized spacial score (nSPS) is 11.2. The fraction of sp³-hybridized carbons (Fsp3) is 0.0714. The minimum atomic E-state index is -4.90. The van der Waals surface area contributed by atoms with E-state index in [0.717, 1.165) is 6.07 Å². The number of carbonyl (C=O) groups excluding carboxylic acids is 1. The first kappa shape index (κ1) is 14.0. The highest BCUT2D eigenvalue weighted by atomic mass is 19.4. The van der Waals surface area contributed by atoms with E-state index in [9.17, 15) is 22.4 Å². The molecular weight excluding hydrogens is 276 g/mol. The van der Waals surface area contributed by atoms with Crippen LogP contribution in [0.3, 0.4) is 0 Å². The third kappa shape index (κ3) is 3.34. The van der Waals surface area contributed by atoms with Gasteiger partial charge in [0.1, 0.15) is 11.6 Å². The summed E-state index contributed by atoms with van der Waals surface area (Å²) in [7, 11) is 0. The zero-order valence-electron chi connectivity index (χ0n) is 9.95. The number of carbonyl (C=O) groups is 1. The molecule has 0 radical (unpaired) electrons. The highest BCUT2D eigenvalue weighted by Crippen LogP contribution is 2.30. The zero-order chi connectivity index (χ0) is 14.8. The van der Waals surface area contributed by atoms with Crippen molar-refractivity contribution in [1.29, 1.82) is 0 Å². The molecule has 0 bridgehead atoms. The van der Waals surface area contributed by atoms with Gasteiger partial charge >= 0.3 is 6.36 Å². The van der Waals surface area contributed by atoms with Gasteiger partial charge in [-0.3, -0.25) is 4.79 Å². The van der Waals surface area contributed by atoms with Gasteiger partial charge in [0.2, 0.25) is 0 Å². The van der Waals surface area contributed by atoms with Crippen LogP contribution in [0, 0.1) is 5.82 Å². The van der Waals surface area contributed by atoms with Crippen LogP contribution in [0.2, 0.25) is 0 Å². The van der Waals surface area contributed by atoms with Crippen molar-refractivity contribution in [3.63, 3.8) is 0 Å². The van der Waals surface area contributed by atoms with E-state index in [4.69, 9.17) is 0 Å². The molecule has 0 aliphatic carbocycles. The zero-order valence-corrected chi connectivity index (χ0v) is 9.95. The van der Waals surface area contributed by atoms with Crippen LogP contribution in [0.5, 0.6) is 5.75 Å². The highest BCUT2D eigenvalue weighted by molar-refractivity contribution is 5.81. The summed E-state index contributed by atoms with van der Waals surface area (Å²) in [5.74, 6) is -1.13. The number of aldehydes is 1. The van der Waals surface area contributed by atoms with E-state index in [1.165, 1.54) is 36.4 Å². The molecule has 2 aromatic carbocycles. The fourth-order valence-corrected chi connectivity index (χ4v) is 1.69. The Morgan fingerprint density at radius 2 is 1.70 bits per heavy atom. The van der Waals surface area contributed by atoms with Gasteiger partial charge < -0.3 is 4.74 Å². The van der Waals surface area contributed by atoms with Gasteiger partial charge in [0.15, 0.2) is 6.29 Å². The fourth-order valence-electron chi connectivity index (χ4n) is 1.69. The van der Waals surface area contributed by atoms with Crippen molar-refractivity contribution >= 4 is 6.29 Å². The molecule has 0 spiro atoms. The largest absolute Gasteiger partial charge is 0.573 e. The number of hydrogen-bond acceptors (Lipinski definition) is 2. The molecule has 0 unspecified atom stereocenters. The second-order valence-corrected chi connectivity index (χ2v) is 3.93. The summed E-state index contributed by atoms with van der Waals surface area (Å²) in [6, 6.07) is 9.02. The van der Waals surface area contributed by atoms with E-state index in [-0.39, 0.29) is 11.8 Å². The third-order valence-corrected chi connectivity index (χ3v) is 2.52. The van der Waals surface area contributed by atoms with Crippen LogP contribution in [0.15, 0.2) is 42.5 Å². The van der Waals surface area contributed by atoms with Gasteiger partial charge in [0, 0.05) is 0 Å². The smallest absolute Gasteiger partial charge is 0.405 e. The minimum absolute atomic E-state index is 0.234. The molecule has 0 N–H and O–H groups in total. The van der Waals surface area contributed by atoms with Crippen LogP contribution in [0.1, 0.15) is 10.4 Å². The Bertz CT molecular complexity index is 635. The average molecular weight is 284 g/mol. The standard InChI is InChI=1S/C14H8F4O2/c15-12-3-1-2-9(6-12)10-4-5-11(8-19)13(7-10)20-14(16,17)18/h1-8H. The van der Waals surface area contributed by atoms with Crippen molar-refractivity contribution in [2.75, 3.05) is 0 Å². The maximum Gasteiger partial charge on any atom is 0.573 e. The van der Waals surface area contributed by atoms with E-state index >= 15 is 0 Å². The van der Waals surface area contributed by atoms with Gasteiger partial charge in [-0.1, -0.05) is 18.2 Å². The number of halogens is 4. The number of ether oxygens (including phenoxy) is 1. The van der Waals surface area contributed by atoms with E-state index in [2.05, 4.69) is 4.74 Å². The van der Waals surface area contributed by atoms with Crippen molar-refractivity contribution in [1.82, 2.24) is 0 Å². The molecule has 0 atom stereocenters. The van der Waals surface area contributed by atoms with Crippen molar-refractivity contribution in [3.05, 3.63) is 53.8 Å². The average Bonchev–Trinajstić information content (AvgIpc) is 2.37. The van der Waals surface area contributed by atoms with E-state index < -0.39 is 17.9 Å². The number of rotatable bonds is 3. The molecule has 0 aliphatic heterocycles. The Kier molecular flexibility index (Phi) is 3.74. The minimum Gasteiger partial charge on any atom is -0.405 e. The second-order valence-electron chi connectivity index (χ2n) is 3.93. The molecule has 20 heavy (non-hydrogen) atoms. The Balaban J connectivity index is 2.46. The summed E-state index contributed by atoms with van der Waals surface area (Å²) >= 11 is 0. The molecule has 0 fully saturated rings. The predicted octanol–water partition coefficient (Wildman–Crippen LogP) is 4.20. The summed E-state index contributed by atoms with van der Waals surface area (Å²) in [5, 5.41) is 0. The van der Waals surface area contributed by atoms with Crippen LogP contribution >= 0.6 is 0 Å². The Morgan fingerprint density at radius 3 is 2.30 bits per heavy atom. The number of benzene rings is 2. The Hall–Kier alpha value is -2.37. The Labute approximate surface area is 111 Å². The van der Waals surface area contributed by atoms with Crippen molar-refractivity contribution in [3.8, 4) is 16.9 Å². The lowest BCUT2D eigenvalue weighted by Crippen LogP contribution is -2.18. The van der Waals surface area contributed by atoms with Crippen molar-refractivity contribution in [2.24, 2.45) is 0 Å². The second kappa shape index (κ2) is 5.32. The SMILES string of the molecule is O=Cc1ccc(-c2cccc(F)c2)cc1OC(F)(F)F. The van der Waals surface area contributed by atoms with Gasteiger partial charge in [0.05, 0.1) is 5.56 Å². The summed E-state index contributed by atoms with van der Waals surface area (Å²) < 4.78 is 53.7. The lowest BCUT2D eigenvalue weighted by atomic mass is 10.0. The van der Waals surface area contributed by atoms with Crippen LogP contribution in [0.25, 0.3) is 11.1 Å². The number of hydrogen-bond donors (Lipinski definition) is 0. The predicted molar refractivity (Wildman–Crippen MR) is 63.9 cm³/mol. The van der Waals surface area contributed by atoms with Crippen molar-refractivity contribution < 1.29 is 27.1 Å². The molecule has 0 aliphatic rings. The quantitative estimate of drug-likeness (QED) is 0.623. The number of alkyl halides is 3. The third-order valence-electron chi connectivity index (χ3n) is 2.52. The molecule has 0 amide bonds. The Morgan fingerprint density at radius 1 is 1.00 bits per heavy atom. The lowest BCUT2D eigenvalue weighted by molar-refractivity contribution is -0.274. The topological polar surface area (TPSA) is 26.3 Å². The summed E-state index contributed by atoms with van der Waals surface area (Å²) in [4.78, 5) is 10.7. The molecule has 2 aromatic rings. The monoisotopic (exact) mass is 284 g/mol. The summed E-state index contributed by atoms with van der Waals surface area (Å²) in [6.45, 7) is 0. The maximum absolute atomic E-state index is 13.1. The van der Waals surface area contributed by atoms with E-state index in [1.807, 2.05) is 0 Å². The molecule has 2 nitrogen and oxygen atoms in total.